The van der Waals surface area contributed by atoms with E-state index in [4.69, 9.17) is 4.84 Å². The summed E-state index contributed by atoms with van der Waals surface area (Å²) in [6, 6.07) is 9.10. The summed E-state index contributed by atoms with van der Waals surface area (Å²) in [4.78, 5) is 21.7. The van der Waals surface area contributed by atoms with Crippen molar-refractivity contribution in [2.75, 3.05) is 13.1 Å². The van der Waals surface area contributed by atoms with E-state index in [9.17, 15) is 4.79 Å². The number of carbonyl (C=O) groups excluding carboxylic acids is 1. The lowest BCUT2D eigenvalue weighted by atomic mass is 9.99. The number of benzene rings is 1. The van der Waals surface area contributed by atoms with Crippen molar-refractivity contribution in [2.45, 2.75) is 18.8 Å². The van der Waals surface area contributed by atoms with Crippen LogP contribution in [0.1, 0.15) is 34.1 Å². The fourth-order valence-electron chi connectivity index (χ4n) is 2.37. The molecule has 2 aromatic rings. The molecule has 0 spiro atoms. The molecule has 0 N–H and O–H groups in total. The van der Waals surface area contributed by atoms with Crippen LogP contribution in [0.15, 0.2) is 41.9 Å². The zero-order valence-electron chi connectivity index (χ0n) is 11.1. The van der Waals surface area contributed by atoms with E-state index in [2.05, 4.69) is 4.98 Å². The van der Waals surface area contributed by atoms with Crippen LogP contribution in [0, 0.1) is 0 Å². The average molecular weight is 288 g/mol. The Morgan fingerprint density at radius 3 is 2.65 bits per heavy atom. The van der Waals surface area contributed by atoms with Gasteiger partial charge in [-0.25, -0.2) is 9.78 Å². The summed E-state index contributed by atoms with van der Waals surface area (Å²) in [5.74, 6) is 0.222. The fraction of sp³-hybridized carbons (Fsp3) is 0.333. The minimum atomic E-state index is -0.279. The van der Waals surface area contributed by atoms with Crippen LogP contribution in [0.4, 0.5) is 0 Å². The molecule has 0 saturated carbocycles. The first kappa shape index (κ1) is 13.3. The Labute approximate surface area is 122 Å². The summed E-state index contributed by atoms with van der Waals surface area (Å²) < 4.78 is 0. The number of piperidine rings is 1. The van der Waals surface area contributed by atoms with Gasteiger partial charge < -0.3 is 4.84 Å². The van der Waals surface area contributed by atoms with Gasteiger partial charge in [-0.3, -0.25) is 0 Å². The van der Waals surface area contributed by atoms with Crippen LogP contribution in [-0.4, -0.2) is 29.1 Å². The van der Waals surface area contributed by atoms with Gasteiger partial charge >= 0.3 is 5.97 Å². The third-order valence-electron chi connectivity index (χ3n) is 3.48. The number of hydrogen-bond acceptors (Lipinski definition) is 5. The van der Waals surface area contributed by atoms with Gasteiger partial charge in [0.2, 0.25) is 0 Å². The number of hydroxylamine groups is 2. The summed E-state index contributed by atoms with van der Waals surface area (Å²) in [5, 5.41) is 4.97. The second kappa shape index (κ2) is 6.15. The standard InChI is InChI=1S/C15H16N2O2S/c18-15(13-4-2-1-3-5-13)19-17-9-6-12(7-10-17)14-16-8-11-20-14/h1-5,8,11-12H,6-7,9-10H2. The Balaban J connectivity index is 1.53. The predicted molar refractivity (Wildman–Crippen MR) is 77.5 cm³/mol. The third kappa shape index (κ3) is 3.05. The number of carbonyl (C=O) groups is 1. The lowest BCUT2D eigenvalue weighted by molar-refractivity contribution is -0.121. The maximum absolute atomic E-state index is 11.9. The van der Waals surface area contributed by atoms with Gasteiger partial charge in [-0.05, 0) is 25.0 Å². The maximum Gasteiger partial charge on any atom is 0.357 e. The van der Waals surface area contributed by atoms with Crippen molar-refractivity contribution in [2.24, 2.45) is 0 Å². The van der Waals surface area contributed by atoms with Gasteiger partial charge in [-0.2, -0.15) is 0 Å². The smallest absolute Gasteiger partial charge is 0.357 e. The Morgan fingerprint density at radius 1 is 1.25 bits per heavy atom. The van der Waals surface area contributed by atoms with Gasteiger partial charge in [0, 0.05) is 30.6 Å². The highest BCUT2D eigenvalue weighted by atomic mass is 32.1. The number of hydrogen-bond donors (Lipinski definition) is 0. The summed E-state index contributed by atoms with van der Waals surface area (Å²) in [5.41, 5.74) is 0.592. The predicted octanol–water partition coefficient (Wildman–Crippen LogP) is 3.09. The van der Waals surface area contributed by atoms with Gasteiger partial charge in [-0.15, -0.1) is 16.4 Å². The average Bonchev–Trinajstić information content (AvgIpc) is 3.03. The zero-order valence-corrected chi connectivity index (χ0v) is 11.9. The minimum Gasteiger partial charge on any atom is -0.364 e. The van der Waals surface area contributed by atoms with Crippen LogP contribution in [0.25, 0.3) is 0 Å². The van der Waals surface area contributed by atoms with Gasteiger partial charge in [-0.1, -0.05) is 18.2 Å². The minimum absolute atomic E-state index is 0.279. The second-order valence-electron chi connectivity index (χ2n) is 4.82. The molecule has 1 fully saturated rings. The SMILES string of the molecule is O=C(ON1CCC(c2nccs2)CC1)c1ccccc1. The Bertz CT molecular complexity index is 549. The summed E-state index contributed by atoms with van der Waals surface area (Å²) >= 11 is 1.70. The number of aromatic nitrogens is 1. The molecule has 1 saturated heterocycles. The Morgan fingerprint density at radius 2 is 2.00 bits per heavy atom. The van der Waals surface area contributed by atoms with Gasteiger partial charge in [0.25, 0.3) is 0 Å². The lowest BCUT2D eigenvalue weighted by Gasteiger charge is -2.29. The van der Waals surface area contributed by atoms with Crippen molar-refractivity contribution in [3.05, 3.63) is 52.5 Å². The molecule has 4 nitrogen and oxygen atoms in total. The molecule has 0 unspecified atom stereocenters. The van der Waals surface area contributed by atoms with Crippen molar-refractivity contribution in [1.82, 2.24) is 10.0 Å². The zero-order chi connectivity index (χ0) is 13.8. The van der Waals surface area contributed by atoms with E-state index < -0.39 is 0 Å². The van der Waals surface area contributed by atoms with Crippen LogP contribution >= 0.6 is 11.3 Å². The quantitative estimate of drug-likeness (QED) is 0.870. The van der Waals surface area contributed by atoms with Crippen LogP contribution in [0.5, 0.6) is 0 Å². The second-order valence-corrected chi connectivity index (χ2v) is 5.74. The normalized spacial score (nSPS) is 17.0. The molecule has 0 amide bonds. The van der Waals surface area contributed by atoms with Gasteiger partial charge in [0.1, 0.15) is 0 Å². The van der Waals surface area contributed by atoms with Crippen molar-refractivity contribution in [1.29, 1.82) is 0 Å². The Kier molecular flexibility index (Phi) is 4.08. The molecule has 1 aromatic heterocycles. The molecular formula is C15H16N2O2S. The van der Waals surface area contributed by atoms with E-state index in [0.29, 0.717) is 11.5 Å². The van der Waals surface area contributed by atoms with E-state index in [1.54, 1.807) is 28.5 Å². The third-order valence-corrected chi connectivity index (χ3v) is 4.41. The highest BCUT2D eigenvalue weighted by Crippen LogP contribution is 2.29. The van der Waals surface area contributed by atoms with E-state index in [1.165, 1.54) is 5.01 Å². The summed E-state index contributed by atoms with van der Waals surface area (Å²) in [6.07, 6.45) is 3.81. The number of thiazole rings is 1. The first-order valence-electron chi connectivity index (χ1n) is 6.74. The molecule has 0 atom stereocenters. The molecule has 5 heteroatoms. The van der Waals surface area contributed by atoms with Crippen LogP contribution in [0.2, 0.25) is 0 Å². The first-order chi connectivity index (χ1) is 9.83. The van der Waals surface area contributed by atoms with Crippen molar-refractivity contribution in [3.63, 3.8) is 0 Å². The molecule has 104 valence electrons. The van der Waals surface area contributed by atoms with E-state index >= 15 is 0 Å². The maximum atomic E-state index is 11.9. The highest BCUT2D eigenvalue weighted by molar-refractivity contribution is 7.09. The molecule has 1 aliphatic rings. The topological polar surface area (TPSA) is 42.4 Å². The summed E-state index contributed by atoms with van der Waals surface area (Å²) in [6.45, 7) is 1.53. The molecule has 2 heterocycles. The van der Waals surface area contributed by atoms with E-state index in [-0.39, 0.29) is 5.97 Å². The molecule has 0 aliphatic carbocycles. The highest BCUT2D eigenvalue weighted by Gasteiger charge is 2.24. The van der Waals surface area contributed by atoms with Crippen LogP contribution in [-0.2, 0) is 4.84 Å². The molecule has 1 aromatic carbocycles. The molecule has 3 rings (SSSR count). The van der Waals surface area contributed by atoms with Gasteiger partial charge in [0.15, 0.2) is 0 Å². The number of nitrogens with zero attached hydrogens (tertiary/aromatic N) is 2. The van der Waals surface area contributed by atoms with E-state index in [0.717, 1.165) is 25.9 Å². The van der Waals surface area contributed by atoms with Crippen LogP contribution in [0.3, 0.4) is 0 Å². The largest absolute Gasteiger partial charge is 0.364 e. The molecular weight excluding hydrogens is 272 g/mol. The number of rotatable bonds is 3. The fourth-order valence-corrected chi connectivity index (χ4v) is 3.19. The van der Waals surface area contributed by atoms with E-state index in [1.807, 2.05) is 29.8 Å². The monoisotopic (exact) mass is 288 g/mol. The first-order valence-corrected chi connectivity index (χ1v) is 7.62. The van der Waals surface area contributed by atoms with Gasteiger partial charge in [0.05, 0.1) is 10.6 Å². The molecule has 0 radical (unpaired) electrons. The van der Waals surface area contributed by atoms with Crippen molar-refractivity contribution < 1.29 is 9.63 Å². The molecule has 20 heavy (non-hydrogen) atoms. The lowest BCUT2D eigenvalue weighted by Crippen LogP contribution is -2.35. The Hall–Kier alpha value is -1.72. The van der Waals surface area contributed by atoms with Crippen molar-refractivity contribution >= 4 is 17.3 Å². The molecule has 0 bridgehead atoms. The molecule has 1 aliphatic heterocycles. The summed E-state index contributed by atoms with van der Waals surface area (Å²) in [7, 11) is 0. The van der Waals surface area contributed by atoms with Crippen LogP contribution < -0.4 is 0 Å². The van der Waals surface area contributed by atoms with Crippen molar-refractivity contribution in [3.8, 4) is 0 Å².